The number of rotatable bonds is 11. The van der Waals surface area contributed by atoms with Crippen molar-refractivity contribution in [1.82, 2.24) is 20.1 Å². The van der Waals surface area contributed by atoms with Gasteiger partial charge in [-0.1, -0.05) is 56.3 Å². The molecule has 2 atom stereocenters. The first-order valence-corrected chi connectivity index (χ1v) is 11.0. The minimum atomic E-state index is -0.936. The molecule has 1 N–H and O–H groups in total. The molecule has 0 aliphatic heterocycles. The lowest BCUT2D eigenvalue weighted by molar-refractivity contribution is -0.151. The predicted octanol–water partition coefficient (Wildman–Crippen LogP) is 3.81. The molecule has 10 nitrogen and oxygen atoms in total. The third-order valence-corrected chi connectivity index (χ3v) is 5.19. The van der Waals surface area contributed by atoms with E-state index in [1.54, 1.807) is 13.8 Å². The first-order valence-electron chi connectivity index (χ1n) is 11.0. The molecule has 0 spiro atoms. The molecule has 3 rings (SSSR count). The van der Waals surface area contributed by atoms with Gasteiger partial charge in [0, 0.05) is 19.4 Å². The molecule has 10 heteroatoms. The first-order chi connectivity index (χ1) is 16.8. The van der Waals surface area contributed by atoms with Crippen LogP contribution in [0.25, 0.3) is 11.1 Å². The fraction of sp³-hybridized carbons (Fsp3) is 0.360. The van der Waals surface area contributed by atoms with Crippen molar-refractivity contribution < 1.29 is 28.5 Å². The van der Waals surface area contributed by atoms with Crippen LogP contribution in [0.15, 0.2) is 67.3 Å². The highest BCUT2D eigenvalue weighted by Crippen LogP contribution is 2.34. The fourth-order valence-electron chi connectivity index (χ4n) is 3.36. The molecule has 0 radical (unpaired) electrons. The summed E-state index contributed by atoms with van der Waals surface area (Å²) in [6.45, 7) is 4.86. The maximum Gasteiger partial charge on any atom is 0.409 e. The second-order valence-corrected chi connectivity index (χ2v) is 8.48. The Bertz CT molecular complexity index is 1070. The number of ether oxygens (including phenoxy) is 4. The Kier molecular flexibility index (Phi) is 8.80. The van der Waals surface area contributed by atoms with Crippen molar-refractivity contribution in [3.63, 3.8) is 0 Å². The van der Waals surface area contributed by atoms with Crippen LogP contribution in [-0.2, 0) is 19.0 Å². The van der Waals surface area contributed by atoms with Gasteiger partial charge in [0.1, 0.15) is 31.7 Å². The monoisotopic (exact) mass is 482 g/mol. The van der Waals surface area contributed by atoms with Gasteiger partial charge in [0.05, 0.1) is 0 Å². The van der Waals surface area contributed by atoms with Crippen molar-refractivity contribution in [2.24, 2.45) is 5.41 Å². The molecule has 0 bridgehead atoms. The van der Waals surface area contributed by atoms with Crippen molar-refractivity contribution in [3.05, 3.63) is 67.3 Å². The number of amides is 1. The van der Waals surface area contributed by atoms with Crippen molar-refractivity contribution in [2.75, 3.05) is 20.4 Å². The number of hydrogen-bond donors (Lipinski definition) is 1. The van der Waals surface area contributed by atoms with Gasteiger partial charge in [-0.2, -0.15) is 5.10 Å². The van der Waals surface area contributed by atoms with Crippen LogP contribution in [0.4, 0.5) is 4.79 Å². The van der Waals surface area contributed by atoms with E-state index in [4.69, 9.17) is 18.9 Å². The smallest absolute Gasteiger partial charge is 0.409 e. The minimum absolute atomic E-state index is 0.0218. The molecule has 0 saturated carbocycles. The zero-order valence-corrected chi connectivity index (χ0v) is 20.2. The number of carbonyl (C=O) groups is 2. The number of hydrogen-bond acceptors (Lipinski definition) is 8. The van der Waals surface area contributed by atoms with Gasteiger partial charge in [0.15, 0.2) is 6.10 Å². The Hall–Kier alpha value is -3.92. The van der Waals surface area contributed by atoms with Crippen molar-refractivity contribution in [1.29, 1.82) is 0 Å². The summed E-state index contributed by atoms with van der Waals surface area (Å²) in [6.07, 6.45) is 0.249. The van der Waals surface area contributed by atoms with E-state index in [9.17, 15) is 9.59 Å². The molecule has 0 aliphatic rings. The van der Waals surface area contributed by atoms with Crippen LogP contribution < -0.4 is 10.1 Å². The topological polar surface area (TPSA) is 114 Å². The zero-order valence-electron chi connectivity index (χ0n) is 20.2. The highest BCUT2D eigenvalue weighted by Gasteiger charge is 2.43. The normalized spacial score (nSPS) is 12.9. The Morgan fingerprint density at radius 2 is 1.74 bits per heavy atom. The molecular formula is C25H30N4O6. The van der Waals surface area contributed by atoms with Gasteiger partial charge in [-0.05, 0) is 23.3 Å². The van der Waals surface area contributed by atoms with Gasteiger partial charge >= 0.3 is 12.1 Å². The van der Waals surface area contributed by atoms with Crippen LogP contribution in [0.3, 0.4) is 0 Å². The molecule has 2 aromatic carbocycles. The summed E-state index contributed by atoms with van der Waals surface area (Å²) in [5.41, 5.74) is 1.24. The summed E-state index contributed by atoms with van der Waals surface area (Å²) < 4.78 is 23.7. The molecule has 2 unspecified atom stereocenters. The van der Waals surface area contributed by atoms with E-state index in [1.807, 2.05) is 54.6 Å². The second kappa shape index (κ2) is 12.0. The Labute approximate surface area is 204 Å². The molecule has 1 heterocycles. The third kappa shape index (κ3) is 7.28. The number of alkyl carbamates (subject to hydrolysis) is 1. The van der Waals surface area contributed by atoms with Crippen molar-refractivity contribution in [3.8, 4) is 16.9 Å². The van der Waals surface area contributed by atoms with Crippen LogP contribution in [-0.4, -0.2) is 53.4 Å². The van der Waals surface area contributed by atoms with Crippen LogP contribution >= 0.6 is 0 Å². The molecule has 0 fully saturated rings. The molecule has 35 heavy (non-hydrogen) atoms. The maximum atomic E-state index is 12.5. The highest BCUT2D eigenvalue weighted by atomic mass is 16.6. The Morgan fingerprint density at radius 3 is 2.34 bits per heavy atom. The van der Waals surface area contributed by atoms with Gasteiger partial charge in [-0.3, -0.25) is 10.1 Å². The minimum Gasteiger partial charge on any atom is -0.465 e. The van der Waals surface area contributed by atoms with E-state index < -0.39 is 29.8 Å². The Balaban J connectivity index is 1.91. The molecule has 0 saturated heterocycles. The average molecular weight is 483 g/mol. The lowest BCUT2D eigenvalue weighted by Crippen LogP contribution is -2.47. The van der Waals surface area contributed by atoms with Crippen LogP contribution in [0.2, 0.25) is 0 Å². The molecule has 1 amide bonds. The molecule has 0 aliphatic carbocycles. The zero-order chi connectivity index (χ0) is 25.3. The highest BCUT2D eigenvalue weighted by molar-refractivity contribution is 5.67. The average Bonchev–Trinajstić information content (AvgIpc) is 3.39. The molecule has 3 aromatic rings. The van der Waals surface area contributed by atoms with Crippen LogP contribution in [0.1, 0.15) is 27.0 Å². The molecule has 1 aromatic heterocycles. The first kappa shape index (κ1) is 25.7. The second-order valence-electron chi connectivity index (χ2n) is 8.48. The van der Waals surface area contributed by atoms with Gasteiger partial charge in [0.2, 0.25) is 6.23 Å². The molecule has 186 valence electrons. The molecular weight excluding hydrogens is 452 g/mol. The largest absolute Gasteiger partial charge is 0.465 e. The van der Waals surface area contributed by atoms with E-state index >= 15 is 0 Å². The number of carbonyl (C=O) groups excluding carboxylic acids is 2. The van der Waals surface area contributed by atoms with Gasteiger partial charge in [-0.25, -0.2) is 14.5 Å². The SMILES string of the molecule is COCNC(=O)OC(C(Oc1ccc(-c2ccccc2)cc1)n1cncn1)C(C)(C)COC(C)=O. The summed E-state index contributed by atoms with van der Waals surface area (Å²) in [5.74, 6) is 0.0785. The summed E-state index contributed by atoms with van der Waals surface area (Å²) in [4.78, 5) is 28.0. The number of methoxy groups -OCH3 is 1. The number of aromatic nitrogens is 3. The summed E-state index contributed by atoms with van der Waals surface area (Å²) in [5, 5.41) is 6.71. The quantitative estimate of drug-likeness (QED) is 0.324. The van der Waals surface area contributed by atoms with E-state index in [-0.39, 0.29) is 13.3 Å². The standard InChI is InChI=1S/C25H30N4O6/c1-18(30)33-14-25(2,3)22(35-24(31)27-17-32-4)23(29-16-26-15-28-29)34-21-12-10-20(11-13-21)19-8-6-5-7-9-19/h5-13,15-16,22-23H,14,17H2,1-4H3,(H,27,31). The number of nitrogens with one attached hydrogen (secondary N) is 1. The fourth-order valence-corrected chi connectivity index (χ4v) is 3.36. The van der Waals surface area contributed by atoms with E-state index in [2.05, 4.69) is 15.4 Å². The van der Waals surface area contributed by atoms with Gasteiger partial charge in [-0.15, -0.1) is 0 Å². The summed E-state index contributed by atoms with van der Waals surface area (Å²) in [6, 6.07) is 17.5. The predicted molar refractivity (Wildman–Crippen MR) is 127 cm³/mol. The van der Waals surface area contributed by atoms with E-state index in [0.29, 0.717) is 5.75 Å². The number of benzene rings is 2. The lowest BCUT2D eigenvalue weighted by Gasteiger charge is -2.37. The summed E-state index contributed by atoms with van der Waals surface area (Å²) in [7, 11) is 1.45. The third-order valence-electron chi connectivity index (χ3n) is 5.19. The Morgan fingerprint density at radius 1 is 1.06 bits per heavy atom. The van der Waals surface area contributed by atoms with Gasteiger partial charge in [0.25, 0.3) is 0 Å². The number of nitrogens with zero attached hydrogens (tertiary/aromatic N) is 3. The van der Waals surface area contributed by atoms with Crippen LogP contribution in [0.5, 0.6) is 5.75 Å². The summed E-state index contributed by atoms with van der Waals surface area (Å²) >= 11 is 0. The van der Waals surface area contributed by atoms with Crippen LogP contribution in [0, 0.1) is 5.41 Å². The van der Waals surface area contributed by atoms with Crippen molar-refractivity contribution >= 4 is 12.1 Å². The van der Waals surface area contributed by atoms with Gasteiger partial charge < -0.3 is 18.9 Å². The maximum absolute atomic E-state index is 12.5. The van der Waals surface area contributed by atoms with Crippen molar-refractivity contribution in [2.45, 2.75) is 33.1 Å². The number of esters is 1. The lowest BCUT2D eigenvalue weighted by atomic mass is 9.86. The van der Waals surface area contributed by atoms with E-state index in [0.717, 1.165) is 11.1 Å². The van der Waals surface area contributed by atoms with E-state index in [1.165, 1.54) is 31.4 Å².